The first-order valence-corrected chi connectivity index (χ1v) is 26.0. The lowest BCUT2D eigenvalue weighted by Crippen LogP contribution is -2.15. The second kappa shape index (κ2) is 18.4. The minimum absolute atomic E-state index is 0.0241. The lowest BCUT2D eigenvalue weighted by Gasteiger charge is -2.22. The fourth-order valence-electron chi connectivity index (χ4n) is 12.0. The zero-order chi connectivity index (χ0) is 49.0. The number of nitrogens with one attached hydrogen (secondary N) is 2. The van der Waals surface area contributed by atoms with E-state index in [1.54, 1.807) is 0 Å². The maximum atomic E-state index is 3.73. The summed E-state index contributed by atoms with van der Waals surface area (Å²) in [7, 11) is 0. The summed E-state index contributed by atoms with van der Waals surface area (Å²) in [6.45, 7) is 18.4. The van der Waals surface area contributed by atoms with Crippen molar-refractivity contribution in [3.8, 4) is 66.8 Å². The van der Waals surface area contributed by atoms with Gasteiger partial charge in [-0.2, -0.15) is 0 Å². The van der Waals surface area contributed by atoms with Crippen LogP contribution in [0.3, 0.4) is 0 Å². The largest absolute Gasteiger partial charge is 0.356 e. The third kappa shape index (κ3) is 8.48. The molecular weight excluding hydrogens is 857 g/mol. The number of aryl methyl sites for hydroxylation is 4. The summed E-state index contributed by atoms with van der Waals surface area (Å²) >= 11 is 0. The van der Waals surface area contributed by atoms with E-state index in [-0.39, 0.29) is 10.8 Å². The number of unbranched alkanes of at least 4 members (excludes halogenated alkanes) is 3. The van der Waals surface area contributed by atoms with Crippen molar-refractivity contribution < 1.29 is 0 Å². The maximum Gasteiger partial charge on any atom is 0.0387 e. The number of benzene rings is 9. The topological polar surface area (TPSA) is 24.1 Å². The van der Waals surface area contributed by atoms with Gasteiger partial charge in [-0.05, 0) is 193 Å². The van der Waals surface area contributed by atoms with Crippen molar-refractivity contribution in [1.29, 1.82) is 0 Å². The van der Waals surface area contributed by atoms with Gasteiger partial charge in [0.05, 0.1) is 0 Å². The molecule has 0 aliphatic heterocycles. The Kier molecular flexibility index (Phi) is 11.9. The standard InChI is InChI=1S/C69H66N2/c1-9-10-11-12-17-51-41-62(49-26-22-47(23-27-49)56-34-30-52(38-44(56)2)70-54-32-36-60-58-18-13-15-20-64(58)68(5,6)66(60)42-54)46(4)40-63(51)50-28-24-48(25-29-50)57-35-31-53(39-45(57)3)71-55-33-37-61-59-19-14-16-21-65(59)69(7,8)67(61)43-55/h13-16,18-43,70-71H,9-12,17H2,1-8H3. The van der Waals surface area contributed by atoms with E-state index in [0.29, 0.717) is 0 Å². The van der Waals surface area contributed by atoms with Gasteiger partial charge in [-0.1, -0.05) is 187 Å². The number of hydrogen-bond acceptors (Lipinski definition) is 2. The van der Waals surface area contributed by atoms with Crippen molar-refractivity contribution in [3.63, 3.8) is 0 Å². The Hall–Kier alpha value is -7.42. The Morgan fingerprint density at radius 1 is 0.324 bits per heavy atom. The van der Waals surface area contributed by atoms with Gasteiger partial charge in [0.1, 0.15) is 0 Å². The number of rotatable bonds is 13. The van der Waals surface area contributed by atoms with Crippen LogP contribution in [0.15, 0.2) is 182 Å². The van der Waals surface area contributed by atoms with Crippen molar-refractivity contribution in [2.75, 3.05) is 10.6 Å². The lowest BCUT2D eigenvalue weighted by molar-refractivity contribution is 0.660. The van der Waals surface area contributed by atoms with Gasteiger partial charge in [0.2, 0.25) is 0 Å². The highest BCUT2D eigenvalue weighted by molar-refractivity contribution is 5.86. The molecule has 71 heavy (non-hydrogen) atoms. The summed E-state index contributed by atoms with van der Waals surface area (Å²) in [6, 6.07) is 68.3. The Morgan fingerprint density at radius 2 is 0.704 bits per heavy atom. The highest BCUT2D eigenvalue weighted by Crippen LogP contribution is 2.51. The van der Waals surface area contributed by atoms with E-state index < -0.39 is 0 Å². The summed E-state index contributed by atoms with van der Waals surface area (Å²) < 4.78 is 0. The average Bonchev–Trinajstić information content (AvgIpc) is 3.74. The molecule has 0 saturated carbocycles. The van der Waals surface area contributed by atoms with Crippen molar-refractivity contribution in [1.82, 2.24) is 0 Å². The van der Waals surface area contributed by atoms with Crippen LogP contribution in [0, 0.1) is 20.8 Å². The van der Waals surface area contributed by atoms with Crippen LogP contribution in [0.25, 0.3) is 66.8 Å². The Labute approximate surface area is 422 Å². The zero-order valence-electron chi connectivity index (χ0n) is 42.9. The summed E-state index contributed by atoms with van der Waals surface area (Å²) in [4.78, 5) is 0. The van der Waals surface area contributed by atoms with E-state index in [0.717, 1.165) is 29.2 Å². The predicted molar refractivity (Wildman–Crippen MR) is 305 cm³/mol. The van der Waals surface area contributed by atoms with Gasteiger partial charge in [0.15, 0.2) is 0 Å². The molecule has 0 radical (unpaired) electrons. The minimum atomic E-state index is -0.0243. The van der Waals surface area contributed by atoms with Crippen molar-refractivity contribution in [3.05, 3.63) is 226 Å². The zero-order valence-corrected chi connectivity index (χ0v) is 42.9. The maximum absolute atomic E-state index is 3.73. The fourth-order valence-corrected chi connectivity index (χ4v) is 12.0. The first-order valence-electron chi connectivity index (χ1n) is 26.0. The van der Waals surface area contributed by atoms with E-state index in [4.69, 9.17) is 0 Å². The van der Waals surface area contributed by atoms with Gasteiger partial charge in [0, 0.05) is 33.6 Å². The van der Waals surface area contributed by atoms with Crippen LogP contribution in [0.5, 0.6) is 0 Å². The second-order valence-corrected chi connectivity index (χ2v) is 21.5. The molecule has 9 aromatic rings. The monoisotopic (exact) mass is 923 g/mol. The lowest BCUT2D eigenvalue weighted by atomic mass is 9.82. The molecule has 0 aromatic heterocycles. The van der Waals surface area contributed by atoms with Gasteiger partial charge < -0.3 is 10.6 Å². The molecule has 2 N–H and O–H groups in total. The van der Waals surface area contributed by atoms with E-state index in [2.05, 4.69) is 248 Å². The molecule has 2 aliphatic carbocycles. The number of anilines is 4. The molecule has 0 fully saturated rings. The first kappa shape index (κ1) is 46.0. The third-order valence-electron chi connectivity index (χ3n) is 16.0. The van der Waals surface area contributed by atoms with Crippen molar-refractivity contribution in [2.24, 2.45) is 0 Å². The van der Waals surface area contributed by atoms with Crippen molar-refractivity contribution in [2.45, 2.75) is 98.3 Å². The van der Waals surface area contributed by atoms with E-state index in [1.165, 1.54) is 137 Å². The molecular formula is C69H66N2. The first-order chi connectivity index (χ1) is 34.4. The van der Waals surface area contributed by atoms with Gasteiger partial charge in [-0.25, -0.2) is 0 Å². The molecule has 11 rings (SSSR count). The molecule has 2 heteroatoms. The van der Waals surface area contributed by atoms with Crippen LogP contribution in [-0.2, 0) is 17.3 Å². The van der Waals surface area contributed by atoms with E-state index >= 15 is 0 Å². The molecule has 0 heterocycles. The quantitative estimate of drug-likeness (QED) is 0.113. The molecule has 0 amide bonds. The van der Waals surface area contributed by atoms with Gasteiger partial charge >= 0.3 is 0 Å². The van der Waals surface area contributed by atoms with E-state index in [1.807, 2.05) is 0 Å². The Morgan fingerprint density at radius 3 is 1.15 bits per heavy atom. The molecule has 352 valence electrons. The van der Waals surface area contributed by atoms with Crippen LogP contribution in [0.2, 0.25) is 0 Å². The van der Waals surface area contributed by atoms with E-state index in [9.17, 15) is 0 Å². The van der Waals surface area contributed by atoms with Crippen molar-refractivity contribution >= 4 is 22.7 Å². The summed E-state index contributed by atoms with van der Waals surface area (Å²) in [5.74, 6) is 0. The van der Waals surface area contributed by atoms with Gasteiger partial charge in [-0.3, -0.25) is 0 Å². The van der Waals surface area contributed by atoms with Crippen LogP contribution in [0.4, 0.5) is 22.7 Å². The minimum Gasteiger partial charge on any atom is -0.356 e. The van der Waals surface area contributed by atoms with Crippen LogP contribution < -0.4 is 10.6 Å². The summed E-state index contributed by atoms with van der Waals surface area (Å²) in [6.07, 6.45) is 6.03. The summed E-state index contributed by atoms with van der Waals surface area (Å²) in [5, 5.41) is 7.45. The SMILES string of the molecule is CCCCCCc1cc(-c2ccc(-c3ccc(Nc4ccc5c(c4)C(C)(C)c4ccccc4-5)cc3C)cc2)c(C)cc1-c1ccc(-c2ccc(Nc3ccc4c(c3)C(C)(C)c3ccccc3-4)cc2C)cc1. The number of fused-ring (bicyclic) bond motifs is 6. The molecule has 0 bridgehead atoms. The van der Waals surface area contributed by atoms with Gasteiger partial charge in [0.25, 0.3) is 0 Å². The molecule has 2 nitrogen and oxygen atoms in total. The Bertz CT molecular complexity index is 3480. The van der Waals surface area contributed by atoms with Gasteiger partial charge in [-0.15, -0.1) is 0 Å². The normalized spacial score (nSPS) is 13.6. The molecule has 2 aliphatic rings. The molecule has 0 unspecified atom stereocenters. The molecule has 9 aromatic carbocycles. The predicted octanol–water partition coefficient (Wildman–Crippen LogP) is 19.5. The Balaban J connectivity index is 0.801. The highest BCUT2D eigenvalue weighted by atomic mass is 14.9. The molecule has 0 atom stereocenters. The number of hydrogen-bond donors (Lipinski definition) is 2. The fraction of sp³-hybridized carbons (Fsp3) is 0.217. The molecule has 0 saturated heterocycles. The van der Waals surface area contributed by atoms with Crippen LogP contribution >= 0.6 is 0 Å². The highest BCUT2D eigenvalue weighted by Gasteiger charge is 2.36. The van der Waals surface area contributed by atoms with Crippen LogP contribution in [-0.4, -0.2) is 0 Å². The molecule has 0 spiro atoms. The third-order valence-corrected chi connectivity index (χ3v) is 16.0. The smallest absolute Gasteiger partial charge is 0.0387 e. The average molecular weight is 923 g/mol. The second-order valence-electron chi connectivity index (χ2n) is 21.5. The van der Waals surface area contributed by atoms with Crippen LogP contribution in [0.1, 0.15) is 105 Å². The summed E-state index contributed by atoms with van der Waals surface area (Å²) in [5.41, 5.74) is 30.8.